The molecule has 0 N–H and O–H groups in total. The molecule has 0 aliphatic carbocycles. The Morgan fingerprint density at radius 2 is 1.72 bits per heavy atom. The van der Waals surface area contributed by atoms with Gasteiger partial charge in [-0.1, -0.05) is 23.7 Å². The van der Waals surface area contributed by atoms with Gasteiger partial charge in [0.1, 0.15) is 5.82 Å². The van der Waals surface area contributed by atoms with E-state index >= 15 is 0 Å². The van der Waals surface area contributed by atoms with Gasteiger partial charge in [-0.2, -0.15) is 0 Å². The Morgan fingerprint density at radius 1 is 1.06 bits per heavy atom. The molecular weight excluding hydrogens is 569 g/mol. The fraction of sp³-hybridized carbons (Fsp3) is 0. The Kier molecular flexibility index (Phi) is 6.55. The van der Waals surface area contributed by atoms with Gasteiger partial charge in [-0.15, -0.1) is 0 Å². The molecule has 160 valence electrons. The molecule has 0 unspecified atom stereocenters. The van der Waals surface area contributed by atoms with Crippen molar-refractivity contribution < 1.29 is 23.5 Å². The first-order valence-electron chi connectivity index (χ1n) is 9.06. The maximum atomic E-state index is 13.1. The Hall–Kier alpha value is -2.81. The third kappa shape index (κ3) is 4.82. The third-order valence-corrected chi connectivity index (χ3v) is 5.83. The Labute approximate surface area is 203 Å². The summed E-state index contributed by atoms with van der Waals surface area (Å²) >= 11 is 12.8. The molecule has 0 fully saturated rings. The van der Waals surface area contributed by atoms with Crippen molar-refractivity contribution >= 4 is 67.4 Å². The van der Waals surface area contributed by atoms with E-state index in [9.17, 15) is 14.0 Å². The summed E-state index contributed by atoms with van der Waals surface area (Å²) in [6, 6.07) is 15.3. The molecule has 4 rings (SSSR count). The lowest BCUT2D eigenvalue weighted by molar-refractivity contribution is -0.129. The smallest absolute Gasteiger partial charge is 0.363 e. The molecular formula is C23H11Br2ClFNO4. The van der Waals surface area contributed by atoms with Crippen molar-refractivity contribution in [3.8, 4) is 5.75 Å². The van der Waals surface area contributed by atoms with Gasteiger partial charge in [0, 0.05) is 5.56 Å². The summed E-state index contributed by atoms with van der Waals surface area (Å²) in [5, 5.41) is 0.278. The Balaban J connectivity index is 1.60. The number of carbonyl (C=O) groups excluding carboxylic acids is 2. The topological polar surface area (TPSA) is 65.0 Å². The van der Waals surface area contributed by atoms with E-state index in [4.69, 9.17) is 21.1 Å². The van der Waals surface area contributed by atoms with Gasteiger partial charge in [-0.05, 0) is 92.0 Å². The molecule has 1 aliphatic heterocycles. The number of ether oxygens (including phenoxy) is 2. The highest BCUT2D eigenvalue weighted by atomic mass is 79.9. The number of rotatable bonds is 4. The van der Waals surface area contributed by atoms with E-state index in [-0.39, 0.29) is 27.9 Å². The van der Waals surface area contributed by atoms with Gasteiger partial charge in [0.25, 0.3) is 0 Å². The summed E-state index contributed by atoms with van der Waals surface area (Å²) in [6.45, 7) is 0. The lowest BCUT2D eigenvalue weighted by Crippen LogP contribution is -2.10. The van der Waals surface area contributed by atoms with Crippen molar-refractivity contribution in [1.29, 1.82) is 0 Å². The first kappa shape index (κ1) is 22.4. The van der Waals surface area contributed by atoms with Gasteiger partial charge in [0.2, 0.25) is 5.90 Å². The molecule has 0 saturated heterocycles. The van der Waals surface area contributed by atoms with Gasteiger partial charge >= 0.3 is 11.9 Å². The van der Waals surface area contributed by atoms with Crippen molar-refractivity contribution in [3.05, 3.63) is 103 Å². The molecule has 0 saturated carbocycles. The van der Waals surface area contributed by atoms with Crippen LogP contribution in [0.4, 0.5) is 4.39 Å². The van der Waals surface area contributed by atoms with Crippen LogP contribution in [0.25, 0.3) is 6.08 Å². The Morgan fingerprint density at radius 3 is 2.38 bits per heavy atom. The molecule has 5 nitrogen and oxygen atoms in total. The molecule has 0 aromatic heterocycles. The number of aliphatic imine (C=N–C) groups is 1. The van der Waals surface area contributed by atoms with Crippen molar-refractivity contribution in [1.82, 2.24) is 0 Å². The van der Waals surface area contributed by atoms with E-state index in [0.29, 0.717) is 20.1 Å². The summed E-state index contributed by atoms with van der Waals surface area (Å²) < 4.78 is 24.7. The van der Waals surface area contributed by atoms with Gasteiger partial charge in [-0.25, -0.2) is 19.0 Å². The van der Waals surface area contributed by atoms with Crippen molar-refractivity contribution in [2.75, 3.05) is 0 Å². The summed E-state index contributed by atoms with van der Waals surface area (Å²) in [5.74, 6) is -1.31. The maximum Gasteiger partial charge on any atom is 0.363 e. The number of hydrogen-bond acceptors (Lipinski definition) is 5. The maximum absolute atomic E-state index is 13.1. The van der Waals surface area contributed by atoms with Crippen molar-refractivity contribution in [3.63, 3.8) is 0 Å². The van der Waals surface area contributed by atoms with E-state index in [0.717, 1.165) is 0 Å². The standard InChI is InChI=1S/C23H11Br2ClFNO4/c24-16-9-12(10-17(25)20(16)31-22(29)15-3-1-2-4-18(15)26)11-19-23(30)32-21(28-19)13-5-7-14(27)8-6-13/h1-11H/b19-11-. The number of halogens is 4. The number of carbonyl (C=O) groups is 2. The zero-order chi connectivity index (χ0) is 22.8. The van der Waals surface area contributed by atoms with E-state index in [2.05, 4.69) is 36.9 Å². The molecule has 0 atom stereocenters. The quantitative estimate of drug-likeness (QED) is 0.199. The number of hydrogen-bond donors (Lipinski definition) is 0. The van der Waals surface area contributed by atoms with Gasteiger partial charge in [-0.3, -0.25) is 0 Å². The molecule has 0 bridgehead atoms. The minimum Gasteiger partial charge on any atom is -0.420 e. The van der Waals surface area contributed by atoms with Crippen molar-refractivity contribution in [2.24, 2.45) is 4.99 Å². The zero-order valence-corrected chi connectivity index (χ0v) is 19.9. The average Bonchev–Trinajstić information content (AvgIpc) is 3.11. The SMILES string of the molecule is O=C1OC(c2ccc(F)cc2)=N/C1=C\c1cc(Br)c(OC(=O)c2ccccc2Cl)c(Br)c1. The molecule has 1 aliphatic rings. The molecule has 0 radical (unpaired) electrons. The van der Waals surface area contributed by atoms with Crippen LogP contribution in [0.15, 0.2) is 80.3 Å². The third-order valence-electron chi connectivity index (χ3n) is 4.32. The molecule has 32 heavy (non-hydrogen) atoms. The number of nitrogens with zero attached hydrogens (tertiary/aromatic N) is 1. The minimum atomic E-state index is -0.634. The van der Waals surface area contributed by atoms with Crippen LogP contribution in [0, 0.1) is 5.82 Å². The number of benzene rings is 3. The second kappa shape index (κ2) is 9.36. The molecule has 1 heterocycles. The van der Waals surface area contributed by atoms with Crippen molar-refractivity contribution in [2.45, 2.75) is 0 Å². The number of cyclic esters (lactones) is 1. The highest BCUT2D eigenvalue weighted by Gasteiger charge is 2.24. The second-order valence-electron chi connectivity index (χ2n) is 6.53. The van der Waals surface area contributed by atoms with Crippen LogP contribution in [-0.4, -0.2) is 17.8 Å². The van der Waals surface area contributed by atoms with E-state index < -0.39 is 17.8 Å². The van der Waals surface area contributed by atoms with Crippen LogP contribution in [0.3, 0.4) is 0 Å². The van der Waals surface area contributed by atoms with E-state index in [1.165, 1.54) is 30.3 Å². The number of esters is 2. The predicted molar refractivity (Wildman–Crippen MR) is 125 cm³/mol. The lowest BCUT2D eigenvalue weighted by Gasteiger charge is -2.10. The molecule has 3 aromatic carbocycles. The first-order chi connectivity index (χ1) is 15.3. The summed E-state index contributed by atoms with van der Waals surface area (Å²) in [6.07, 6.45) is 1.52. The van der Waals surface area contributed by atoms with Gasteiger partial charge in [0.05, 0.1) is 19.5 Å². The fourth-order valence-corrected chi connectivity index (χ4v) is 4.41. The summed E-state index contributed by atoms with van der Waals surface area (Å²) in [7, 11) is 0. The normalized spacial score (nSPS) is 14.3. The second-order valence-corrected chi connectivity index (χ2v) is 8.64. The van der Waals surface area contributed by atoms with Crippen LogP contribution < -0.4 is 4.74 Å². The van der Waals surface area contributed by atoms with Crippen LogP contribution in [0.1, 0.15) is 21.5 Å². The largest absolute Gasteiger partial charge is 0.420 e. The molecule has 0 spiro atoms. The molecule has 9 heteroatoms. The zero-order valence-electron chi connectivity index (χ0n) is 15.9. The van der Waals surface area contributed by atoms with E-state index in [1.54, 1.807) is 36.4 Å². The van der Waals surface area contributed by atoms with Crippen LogP contribution in [0.5, 0.6) is 5.75 Å². The minimum absolute atomic E-state index is 0.0731. The van der Waals surface area contributed by atoms with Crippen LogP contribution in [0.2, 0.25) is 5.02 Å². The van der Waals surface area contributed by atoms with Gasteiger partial charge < -0.3 is 9.47 Å². The summed E-state index contributed by atoms with van der Waals surface area (Å²) in [4.78, 5) is 28.9. The summed E-state index contributed by atoms with van der Waals surface area (Å²) in [5.41, 5.74) is 1.38. The van der Waals surface area contributed by atoms with Crippen LogP contribution in [-0.2, 0) is 9.53 Å². The van der Waals surface area contributed by atoms with Gasteiger partial charge in [0.15, 0.2) is 11.4 Å². The monoisotopic (exact) mass is 577 g/mol. The highest BCUT2D eigenvalue weighted by molar-refractivity contribution is 9.11. The molecule has 3 aromatic rings. The molecule has 0 amide bonds. The Bertz CT molecular complexity index is 1280. The highest BCUT2D eigenvalue weighted by Crippen LogP contribution is 2.36. The fourth-order valence-electron chi connectivity index (χ4n) is 2.82. The lowest BCUT2D eigenvalue weighted by atomic mass is 10.2. The van der Waals surface area contributed by atoms with E-state index in [1.807, 2.05) is 0 Å². The van der Waals surface area contributed by atoms with Crippen LogP contribution >= 0.6 is 43.5 Å². The average molecular weight is 580 g/mol. The first-order valence-corrected chi connectivity index (χ1v) is 11.0. The predicted octanol–water partition coefficient (Wildman–Crippen LogP) is 6.57.